The molecule has 1 saturated heterocycles. The minimum Gasteiger partial charge on any atom is -0.373 e. The van der Waals surface area contributed by atoms with Gasteiger partial charge in [-0.05, 0) is 36.4 Å². The Morgan fingerprint density at radius 2 is 2.07 bits per heavy atom. The zero-order valence-electron chi connectivity index (χ0n) is 16.0. The zero-order valence-corrected chi connectivity index (χ0v) is 16.0. The van der Waals surface area contributed by atoms with Crippen molar-refractivity contribution in [3.8, 4) is 11.3 Å². The number of pyridine rings is 2. The van der Waals surface area contributed by atoms with E-state index in [0.29, 0.717) is 42.3 Å². The summed E-state index contributed by atoms with van der Waals surface area (Å²) in [6, 6.07) is 15.3. The standard InChI is InChI=1S/C22H21FN4O2/c1-24-21-13-16(8-9-25-21)22(28)27-10-11-29-20(14-27)19-7-3-6-18(26-19)15-4-2-5-17(23)12-15/h2-9,12-13,20H,10-11,14H2,1H3,(H,24,25)/t20-/m0/s1. The number of anilines is 1. The maximum absolute atomic E-state index is 13.6. The third-order valence-corrected chi connectivity index (χ3v) is 4.84. The number of halogens is 1. The molecule has 3 heterocycles. The summed E-state index contributed by atoms with van der Waals surface area (Å²) in [5.74, 6) is 0.266. The SMILES string of the molecule is CNc1cc(C(=O)N2CCO[C@H](c3cccc(-c4cccc(F)c4)n3)C2)ccn1. The van der Waals surface area contributed by atoms with E-state index < -0.39 is 0 Å². The van der Waals surface area contributed by atoms with Crippen LogP contribution in [0.2, 0.25) is 0 Å². The maximum Gasteiger partial charge on any atom is 0.254 e. The molecule has 0 bridgehead atoms. The van der Waals surface area contributed by atoms with E-state index in [0.717, 1.165) is 5.69 Å². The number of rotatable bonds is 4. The number of amides is 1. The topological polar surface area (TPSA) is 67.4 Å². The molecule has 0 saturated carbocycles. The van der Waals surface area contributed by atoms with Gasteiger partial charge in [-0.1, -0.05) is 18.2 Å². The average molecular weight is 392 g/mol. The largest absolute Gasteiger partial charge is 0.373 e. The lowest BCUT2D eigenvalue weighted by Crippen LogP contribution is -2.42. The maximum atomic E-state index is 13.6. The molecule has 0 radical (unpaired) electrons. The van der Waals surface area contributed by atoms with Gasteiger partial charge in [-0.25, -0.2) is 14.4 Å². The predicted molar refractivity (Wildman–Crippen MR) is 108 cm³/mol. The molecular weight excluding hydrogens is 371 g/mol. The number of ether oxygens (including phenoxy) is 1. The van der Waals surface area contributed by atoms with Crippen molar-refractivity contribution >= 4 is 11.7 Å². The van der Waals surface area contributed by atoms with Crippen molar-refractivity contribution in [2.75, 3.05) is 32.1 Å². The van der Waals surface area contributed by atoms with E-state index in [9.17, 15) is 9.18 Å². The number of carbonyl (C=O) groups is 1. The Morgan fingerprint density at radius 1 is 1.21 bits per heavy atom. The number of hydrogen-bond acceptors (Lipinski definition) is 5. The van der Waals surface area contributed by atoms with Crippen molar-refractivity contribution < 1.29 is 13.9 Å². The molecule has 29 heavy (non-hydrogen) atoms. The van der Waals surface area contributed by atoms with Crippen molar-refractivity contribution in [2.24, 2.45) is 0 Å². The molecule has 1 aliphatic rings. The lowest BCUT2D eigenvalue weighted by atomic mass is 10.1. The highest BCUT2D eigenvalue weighted by Gasteiger charge is 2.27. The first-order valence-corrected chi connectivity index (χ1v) is 9.41. The molecule has 4 rings (SSSR count). The van der Waals surface area contributed by atoms with E-state index >= 15 is 0 Å². The molecule has 0 spiro atoms. The van der Waals surface area contributed by atoms with E-state index in [2.05, 4.69) is 15.3 Å². The first-order valence-electron chi connectivity index (χ1n) is 9.41. The summed E-state index contributed by atoms with van der Waals surface area (Å²) < 4.78 is 19.4. The summed E-state index contributed by atoms with van der Waals surface area (Å²) in [6.07, 6.45) is 1.27. The van der Waals surface area contributed by atoms with Crippen LogP contribution in [0.4, 0.5) is 10.2 Å². The van der Waals surface area contributed by atoms with Gasteiger partial charge in [0.15, 0.2) is 0 Å². The number of benzene rings is 1. The van der Waals surface area contributed by atoms with Gasteiger partial charge in [0, 0.05) is 30.9 Å². The second-order valence-electron chi connectivity index (χ2n) is 6.75. The number of aromatic nitrogens is 2. The van der Waals surface area contributed by atoms with Crippen LogP contribution in [0.1, 0.15) is 22.2 Å². The molecule has 1 fully saturated rings. The monoisotopic (exact) mass is 392 g/mol. The second-order valence-corrected chi connectivity index (χ2v) is 6.75. The van der Waals surface area contributed by atoms with Crippen molar-refractivity contribution in [1.29, 1.82) is 0 Å². The molecule has 3 aromatic rings. The van der Waals surface area contributed by atoms with Crippen molar-refractivity contribution in [2.45, 2.75) is 6.10 Å². The Morgan fingerprint density at radius 3 is 2.90 bits per heavy atom. The third kappa shape index (κ3) is 4.25. The molecule has 1 atom stereocenters. The molecule has 6 nitrogen and oxygen atoms in total. The van der Waals surface area contributed by atoms with Crippen molar-refractivity contribution in [3.05, 3.63) is 77.9 Å². The Bertz CT molecular complexity index is 1030. The fraction of sp³-hybridized carbons (Fsp3) is 0.227. The lowest BCUT2D eigenvalue weighted by Gasteiger charge is -2.33. The number of hydrogen-bond donors (Lipinski definition) is 1. The van der Waals surface area contributed by atoms with Gasteiger partial charge in [-0.2, -0.15) is 0 Å². The van der Waals surface area contributed by atoms with Crippen molar-refractivity contribution in [3.63, 3.8) is 0 Å². The number of nitrogens with one attached hydrogen (secondary N) is 1. The van der Waals surface area contributed by atoms with Crippen LogP contribution < -0.4 is 5.32 Å². The van der Waals surface area contributed by atoms with E-state index in [1.807, 2.05) is 24.3 Å². The smallest absolute Gasteiger partial charge is 0.254 e. The molecule has 2 aromatic heterocycles. The fourth-order valence-corrected chi connectivity index (χ4v) is 3.33. The molecule has 1 N–H and O–H groups in total. The van der Waals surface area contributed by atoms with E-state index in [1.165, 1.54) is 12.1 Å². The first kappa shape index (κ1) is 19.0. The summed E-state index contributed by atoms with van der Waals surface area (Å²) in [5, 5.41) is 2.94. The second kappa shape index (κ2) is 8.36. The summed E-state index contributed by atoms with van der Waals surface area (Å²) >= 11 is 0. The highest BCUT2D eigenvalue weighted by molar-refractivity contribution is 5.94. The third-order valence-electron chi connectivity index (χ3n) is 4.84. The molecule has 1 aliphatic heterocycles. The normalized spacial score (nSPS) is 16.5. The van der Waals surface area contributed by atoms with E-state index in [4.69, 9.17) is 4.74 Å². The van der Waals surface area contributed by atoms with Crippen LogP contribution >= 0.6 is 0 Å². The van der Waals surface area contributed by atoms with Gasteiger partial charge in [0.2, 0.25) is 0 Å². The summed E-state index contributed by atoms with van der Waals surface area (Å²) in [6.45, 7) is 1.33. The van der Waals surface area contributed by atoms with Crippen LogP contribution in [0, 0.1) is 5.82 Å². The Balaban J connectivity index is 1.54. The van der Waals surface area contributed by atoms with Gasteiger partial charge in [0.25, 0.3) is 5.91 Å². The molecule has 1 amide bonds. The molecule has 7 heteroatoms. The number of morpholine rings is 1. The van der Waals surface area contributed by atoms with Crippen LogP contribution in [0.15, 0.2) is 60.8 Å². The van der Waals surface area contributed by atoms with E-state index in [1.54, 1.807) is 36.3 Å². The fourth-order valence-electron chi connectivity index (χ4n) is 3.33. The quantitative estimate of drug-likeness (QED) is 0.736. The van der Waals surface area contributed by atoms with Gasteiger partial charge in [0.05, 0.1) is 24.5 Å². The van der Waals surface area contributed by atoms with Gasteiger partial charge in [-0.3, -0.25) is 4.79 Å². The Hall–Kier alpha value is -3.32. The van der Waals surface area contributed by atoms with E-state index in [-0.39, 0.29) is 17.8 Å². The zero-order chi connectivity index (χ0) is 20.2. The molecular formula is C22H21FN4O2. The van der Waals surface area contributed by atoms with Gasteiger partial charge < -0.3 is 15.0 Å². The Kier molecular flexibility index (Phi) is 5.48. The molecule has 0 aliphatic carbocycles. The van der Waals surface area contributed by atoms with Crippen molar-refractivity contribution in [1.82, 2.24) is 14.9 Å². The minimum atomic E-state index is -0.341. The van der Waals surface area contributed by atoms with Crippen LogP contribution in [0.3, 0.4) is 0 Å². The van der Waals surface area contributed by atoms with Gasteiger partial charge >= 0.3 is 0 Å². The van der Waals surface area contributed by atoms with Gasteiger partial charge in [0.1, 0.15) is 17.7 Å². The molecule has 0 unspecified atom stereocenters. The van der Waals surface area contributed by atoms with Crippen LogP contribution in [-0.4, -0.2) is 47.5 Å². The first-order chi connectivity index (χ1) is 14.1. The number of carbonyl (C=O) groups excluding carboxylic acids is 1. The van der Waals surface area contributed by atoms with Crippen LogP contribution in [0.25, 0.3) is 11.3 Å². The molecule has 148 valence electrons. The average Bonchev–Trinajstić information content (AvgIpc) is 2.79. The van der Waals surface area contributed by atoms with Gasteiger partial charge in [-0.15, -0.1) is 0 Å². The summed E-state index contributed by atoms with van der Waals surface area (Å²) in [7, 11) is 1.76. The van der Waals surface area contributed by atoms with Crippen LogP contribution in [0.5, 0.6) is 0 Å². The lowest BCUT2D eigenvalue weighted by molar-refractivity contribution is -0.0246. The predicted octanol–water partition coefficient (Wildman–Crippen LogP) is 3.54. The highest BCUT2D eigenvalue weighted by atomic mass is 19.1. The molecule has 1 aromatic carbocycles. The summed E-state index contributed by atoms with van der Waals surface area (Å²) in [5.41, 5.74) is 2.66. The minimum absolute atomic E-state index is 0.0708. The summed E-state index contributed by atoms with van der Waals surface area (Å²) in [4.78, 5) is 23.5. The number of nitrogens with zero attached hydrogens (tertiary/aromatic N) is 3. The van der Waals surface area contributed by atoms with Crippen LogP contribution in [-0.2, 0) is 4.74 Å². The highest BCUT2D eigenvalue weighted by Crippen LogP contribution is 2.25. The Labute approximate surface area is 168 Å².